The molecule has 11 nitrogen and oxygen atoms in total. The molecule has 3 heterocycles. The summed E-state index contributed by atoms with van der Waals surface area (Å²) in [6.07, 6.45) is 1.40. The molecule has 3 N–H and O–H groups in total. The maximum Gasteiger partial charge on any atom is 0.274 e. The average Bonchev–Trinajstić information content (AvgIpc) is 3.43. The molecule has 14 heteroatoms. The van der Waals surface area contributed by atoms with E-state index in [2.05, 4.69) is 20.6 Å². The molecule has 0 spiro atoms. The van der Waals surface area contributed by atoms with E-state index in [1.807, 2.05) is 17.2 Å². The molecule has 1 fully saturated rings. The van der Waals surface area contributed by atoms with Crippen molar-refractivity contribution in [2.45, 2.75) is 31.2 Å². The largest absolute Gasteiger partial charge is 0.495 e. The minimum absolute atomic E-state index is 0.000809. The van der Waals surface area contributed by atoms with Gasteiger partial charge in [-0.2, -0.15) is 0 Å². The number of pyridine rings is 1. The topological polar surface area (TPSA) is 141 Å². The van der Waals surface area contributed by atoms with Crippen LogP contribution in [0, 0.1) is 11.2 Å². The van der Waals surface area contributed by atoms with Crippen molar-refractivity contribution in [3.05, 3.63) is 70.2 Å². The summed E-state index contributed by atoms with van der Waals surface area (Å²) in [4.78, 5) is 23.1. The summed E-state index contributed by atoms with van der Waals surface area (Å²) in [5, 5.41) is 14.7. The van der Waals surface area contributed by atoms with Crippen LogP contribution in [0.25, 0.3) is 0 Å². The number of aromatic nitrogens is 2. The summed E-state index contributed by atoms with van der Waals surface area (Å²) in [6, 6.07) is 7.02. The fourth-order valence-corrected chi connectivity index (χ4v) is 6.87. The lowest BCUT2D eigenvalue weighted by atomic mass is 9.86. The Balaban J connectivity index is 1.70. The molecule has 2 atom stereocenters. The number of rotatable bonds is 9. The van der Waals surface area contributed by atoms with E-state index in [1.54, 1.807) is 18.5 Å². The zero-order valence-corrected chi connectivity index (χ0v) is 23.6. The number of hydrogen-bond acceptors (Lipinski definition) is 9. The van der Waals surface area contributed by atoms with Gasteiger partial charge in [-0.15, -0.1) is 11.3 Å². The number of methoxy groups -OCH3 is 1. The van der Waals surface area contributed by atoms with E-state index in [-0.39, 0.29) is 29.4 Å². The molecule has 0 saturated carbocycles. The number of amides is 1. The van der Waals surface area contributed by atoms with E-state index in [0.29, 0.717) is 18.8 Å². The van der Waals surface area contributed by atoms with Gasteiger partial charge in [-0.25, -0.2) is 27.1 Å². The van der Waals surface area contributed by atoms with Crippen LogP contribution in [0.2, 0.25) is 0 Å². The van der Waals surface area contributed by atoms with E-state index in [4.69, 9.17) is 10.1 Å². The summed E-state index contributed by atoms with van der Waals surface area (Å²) < 4.78 is 48.7. The Labute approximate surface area is 230 Å². The zero-order valence-electron chi connectivity index (χ0n) is 21.9. The maximum atomic E-state index is 15.4. The summed E-state index contributed by atoms with van der Waals surface area (Å²) in [6.45, 7) is 4.44. The molecule has 3 aromatic rings. The number of nitrogens with one attached hydrogen (secondary N) is 3. The number of thiazole rings is 1. The number of nitrogens with zero attached hydrogens (tertiary/aromatic N) is 4. The Morgan fingerprint density at radius 2 is 2.10 bits per heavy atom. The highest BCUT2D eigenvalue weighted by molar-refractivity contribution is 7.90. The monoisotopic (exact) mass is 575 g/mol. The third kappa shape index (κ3) is 5.72. The zero-order chi connectivity index (χ0) is 28.4. The minimum atomic E-state index is -4.08. The molecule has 208 valence electrons. The van der Waals surface area contributed by atoms with Gasteiger partial charge in [0.05, 0.1) is 30.1 Å². The maximum absolute atomic E-state index is 15.4. The molecule has 0 radical (unpaired) electrons. The number of sulfonamides is 1. The quantitative estimate of drug-likeness (QED) is 0.354. The molecule has 1 aliphatic heterocycles. The lowest BCUT2D eigenvalue weighted by molar-refractivity contribution is 0.102. The highest BCUT2D eigenvalue weighted by atomic mass is 32.2. The molecule has 1 saturated heterocycles. The fourth-order valence-electron chi connectivity index (χ4n) is 4.45. The first-order chi connectivity index (χ1) is 18.5. The Morgan fingerprint density at radius 1 is 1.33 bits per heavy atom. The smallest absolute Gasteiger partial charge is 0.274 e. The SMILES string of the molecule is CCN(Cc1cscn1)C[C@H]1[C@@](C)(c2cc(NC(=O)c3ccc(OC)cn3)ccc2F)NC(=N)N(C)S1(=O)=O. The first-order valence-corrected chi connectivity index (χ1v) is 14.5. The van der Waals surface area contributed by atoms with Gasteiger partial charge in [0.15, 0.2) is 0 Å². The molecule has 2 aromatic heterocycles. The molecule has 1 aromatic carbocycles. The van der Waals surface area contributed by atoms with Crippen molar-refractivity contribution in [2.24, 2.45) is 0 Å². The third-order valence-electron chi connectivity index (χ3n) is 6.81. The molecule has 4 rings (SSSR count). The Morgan fingerprint density at radius 3 is 2.72 bits per heavy atom. The van der Waals surface area contributed by atoms with Crippen LogP contribution in [0.1, 0.15) is 35.6 Å². The summed E-state index contributed by atoms with van der Waals surface area (Å²) in [5.74, 6) is -1.10. The van der Waals surface area contributed by atoms with Crippen molar-refractivity contribution in [1.82, 2.24) is 24.5 Å². The highest BCUT2D eigenvalue weighted by Crippen LogP contribution is 2.37. The normalized spacial score (nSPS) is 20.5. The van der Waals surface area contributed by atoms with Crippen molar-refractivity contribution < 1.29 is 22.3 Å². The minimum Gasteiger partial charge on any atom is -0.495 e. The second-order valence-electron chi connectivity index (χ2n) is 9.22. The van der Waals surface area contributed by atoms with Gasteiger partial charge < -0.3 is 15.4 Å². The van der Waals surface area contributed by atoms with E-state index in [0.717, 1.165) is 16.1 Å². The van der Waals surface area contributed by atoms with E-state index in [1.165, 1.54) is 49.9 Å². The fraction of sp³-hybridized carbons (Fsp3) is 0.360. The standard InChI is InChI=1S/C25H30FN7O4S2/c1-5-33(12-17-14-38-15-29-17)13-22-25(2,31-24(27)32(3)39(22,35)36)19-10-16(6-8-20(19)26)30-23(34)21-9-7-18(37-4)11-28-21/h6-11,14-15,22H,5,12-13H2,1-4H3,(H2,27,31)(H,30,34)/t22-,25+/m0/s1. The molecule has 1 aliphatic rings. The Bertz CT molecular complexity index is 1450. The van der Waals surface area contributed by atoms with Crippen LogP contribution in [0.4, 0.5) is 10.1 Å². The predicted octanol–water partition coefficient (Wildman–Crippen LogP) is 2.84. The molecule has 0 aliphatic carbocycles. The second-order valence-corrected chi connectivity index (χ2v) is 12.1. The molecule has 0 unspecified atom stereocenters. The van der Waals surface area contributed by atoms with Gasteiger partial charge in [-0.1, -0.05) is 6.92 Å². The molecular weight excluding hydrogens is 545 g/mol. The van der Waals surface area contributed by atoms with Crippen LogP contribution in [0.3, 0.4) is 0 Å². The molecule has 1 amide bonds. The van der Waals surface area contributed by atoms with Gasteiger partial charge in [0.1, 0.15) is 22.5 Å². The lowest BCUT2D eigenvalue weighted by Gasteiger charge is -2.47. The number of guanidine groups is 1. The number of anilines is 1. The van der Waals surface area contributed by atoms with Crippen LogP contribution in [-0.4, -0.2) is 72.0 Å². The number of halogens is 1. The number of carbonyl (C=O) groups excluding carboxylic acids is 1. The van der Waals surface area contributed by atoms with Crippen LogP contribution in [0.5, 0.6) is 5.75 Å². The molecule has 0 bridgehead atoms. The second kappa shape index (κ2) is 11.2. The summed E-state index contributed by atoms with van der Waals surface area (Å²) in [7, 11) is -1.30. The predicted molar refractivity (Wildman–Crippen MR) is 147 cm³/mol. The van der Waals surface area contributed by atoms with Crippen LogP contribution >= 0.6 is 11.3 Å². The first kappa shape index (κ1) is 28.4. The van der Waals surface area contributed by atoms with Gasteiger partial charge >= 0.3 is 0 Å². The van der Waals surface area contributed by atoms with Crippen molar-refractivity contribution in [1.29, 1.82) is 5.41 Å². The Hall–Kier alpha value is -3.62. The van der Waals surface area contributed by atoms with Gasteiger partial charge in [-0.05, 0) is 43.8 Å². The van der Waals surface area contributed by atoms with Crippen molar-refractivity contribution in [3.8, 4) is 5.75 Å². The lowest BCUT2D eigenvalue weighted by Crippen LogP contribution is -2.68. The van der Waals surface area contributed by atoms with Crippen molar-refractivity contribution in [2.75, 3.05) is 32.6 Å². The number of carbonyl (C=O) groups is 1. The summed E-state index contributed by atoms with van der Waals surface area (Å²) in [5.41, 5.74) is 1.33. The summed E-state index contributed by atoms with van der Waals surface area (Å²) >= 11 is 1.44. The van der Waals surface area contributed by atoms with Crippen LogP contribution in [-0.2, 0) is 22.1 Å². The number of benzene rings is 1. The van der Waals surface area contributed by atoms with E-state index >= 15 is 4.39 Å². The van der Waals surface area contributed by atoms with Gasteiger partial charge in [0.25, 0.3) is 5.91 Å². The van der Waals surface area contributed by atoms with Gasteiger partial charge in [0.2, 0.25) is 16.0 Å². The van der Waals surface area contributed by atoms with Crippen LogP contribution in [0.15, 0.2) is 47.4 Å². The average molecular weight is 576 g/mol. The van der Waals surface area contributed by atoms with Gasteiger partial charge in [0, 0.05) is 36.8 Å². The number of ether oxygens (including phenoxy) is 1. The molecular formula is C25H30FN7O4S2. The van der Waals surface area contributed by atoms with Crippen LogP contribution < -0.4 is 15.4 Å². The van der Waals surface area contributed by atoms with Crippen molar-refractivity contribution >= 4 is 38.9 Å². The Kier molecular flexibility index (Phi) is 8.18. The van der Waals surface area contributed by atoms with Gasteiger partial charge in [-0.3, -0.25) is 15.1 Å². The van der Waals surface area contributed by atoms with E-state index in [9.17, 15) is 13.2 Å². The highest BCUT2D eigenvalue weighted by Gasteiger charge is 2.53. The third-order valence-corrected chi connectivity index (χ3v) is 9.73. The number of hydrogen-bond donors (Lipinski definition) is 3. The first-order valence-electron chi connectivity index (χ1n) is 12.0. The van der Waals surface area contributed by atoms with Crippen molar-refractivity contribution in [3.63, 3.8) is 0 Å². The van der Waals surface area contributed by atoms with E-state index < -0.39 is 32.5 Å². The molecule has 39 heavy (non-hydrogen) atoms.